The largest absolute Gasteiger partial charge is 0.465 e. The molecule has 1 aliphatic carbocycles. The SMILES string of the molecule is COC(=O)[C@@]12OC(CNC(=O)C3CCC(CN)CC3)C(O)[C@@H]1OC(C)(C)O2. The summed E-state index contributed by atoms with van der Waals surface area (Å²) in [7, 11) is 1.21. The Balaban J connectivity index is 1.59. The third-order valence-electron chi connectivity index (χ3n) is 5.70. The van der Waals surface area contributed by atoms with Crippen molar-refractivity contribution >= 4 is 11.9 Å². The highest BCUT2D eigenvalue weighted by Crippen LogP contribution is 2.46. The highest BCUT2D eigenvalue weighted by atomic mass is 16.9. The second-order valence-electron chi connectivity index (χ2n) is 8.04. The molecule has 3 aliphatic rings. The molecule has 0 aromatic rings. The minimum Gasteiger partial charge on any atom is -0.465 e. The molecule has 2 aliphatic heterocycles. The van der Waals surface area contributed by atoms with Crippen LogP contribution in [0.25, 0.3) is 0 Å². The van der Waals surface area contributed by atoms with E-state index in [9.17, 15) is 14.7 Å². The molecule has 154 valence electrons. The molecule has 0 spiro atoms. The highest BCUT2D eigenvalue weighted by Gasteiger charge is 2.69. The third kappa shape index (κ3) is 3.84. The molecule has 0 radical (unpaired) electrons. The minimum atomic E-state index is -1.83. The number of amides is 1. The van der Waals surface area contributed by atoms with Crippen LogP contribution in [0.2, 0.25) is 0 Å². The van der Waals surface area contributed by atoms with Crippen molar-refractivity contribution in [2.75, 3.05) is 20.2 Å². The molecule has 4 atom stereocenters. The Morgan fingerprint density at radius 3 is 2.48 bits per heavy atom. The first kappa shape index (κ1) is 20.5. The van der Waals surface area contributed by atoms with Crippen molar-refractivity contribution in [1.82, 2.24) is 5.32 Å². The fourth-order valence-electron chi connectivity index (χ4n) is 4.22. The Morgan fingerprint density at radius 2 is 1.89 bits per heavy atom. The first-order chi connectivity index (χ1) is 12.7. The van der Waals surface area contributed by atoms with Crippen LogP contribution in [0.15, 0.2) is 0 Å². The van der Waals surface area contributed by atoms with Gasteiger partial charge in [-0.15, -0.1) is 0 Å². The molecule has 3 fully saturated rings. The fraction of sp³-hybridized carbons (Fsp3) is 0.889. The fourth-order valence-corrected chi connectivity index (χ4v) is 4.22. The average Bonchev–Trinajstić information content (AvgIpc) is 3.08. The van der Waals surface area contributed by atoms with Crippen LogP contribution in [-0.2, 0) is 28.5 Å². The van der Waals surface area contributed by atoms with E-state index in [0.717, 1.165) is 25.7 Å². The molecule has 4 N–H and O–H groups in total. The van der Waals surface area contributed by atoms with Crippen molar-refractivity contribution in [2.45, 2.75) is 69.4 Å². The molecule has 2 unspecified atom stereocenters. The minimum absolute atomic E-state index is 0.0548. The Labute approximate surface area is 158 Å². The van der Waals surface area contributed by atoms with Gasteiger partial charge < -0.3 is 35.1 Å². The molecule has 9 nitrogen and oxygen atoms in total. The number of aliphatic hydroxyl groups is 1. The number of esters is 1. The molecule has 27 heavy (non-hydrogen) atoms. The molecule has 3 rings (SSSR count). The number of rotatable bonds is 5. The summed E-state index contributed by atoms with van der Waals surface area (Å²) in [6, 6.07) is 0. The predicted octanol–water partition coefficient (Wildman–Crippen LogP) is -0.352. The summed E-state index contributed by atoms with van der Waals surface area (Å²) in [5, 5.41) is 13.4. The van der Waals surface area contributed by atoms with Gasteiger partial charge in [0, 0.05) is 12.5 Å². The zero-order valence-electron chi connectivity index (χ0n) is 16.1. The molecular formula is C18H30N2O7. The Bertz CT molecular complexity index is 576. The number of nitrogens with one attached hydrogen (secondary N) is 1. The second kappa shape index (κ2) is 7.63. The summed E-state index contributed by atoms with van der Waals surface area (Å²) >= 11 is 0. The number of hydrogen-bond donors (Lipinski definition) is 3. The molecule has 1 amide bonds. The highest BCUT2D eigenvalue weighted by molar-refractivity contribution is 5.80. The molecular weight excluding hydrogens is 356 g/mol. The van der Waals surface area contributed by atoms with E-state index < -0.39 is 35.9 Å². The number of carbonyl (C=O) groups is 2. The quantitative estimate of drug-likeness (QED) is 0.547. The molecule has 2 heterocycles. The van der Waals surface area contributed by atoms with Gasteiger partial charge in [-0.3, -0.25) is 4.79 Å². The molecule has 0 aromatic carbocycles. The Morgan fingerprint density at radius 1 is 1.22 bits per heavy atom. The molecule has 0 aromatic heterocycles. The van der Waals surface area contributed by atoms with Gasteiger partial charge in [0.2, 0.25) is 5.91 Å². The van der Waals surface area contributed by atoms with Crippen LogP contribution in [0.3, 0.4) is 0 Å². The summed E-state index contributed by atoms with van der Waals surface area (Å²) in [5.74, 6) is -3.35. The summed E-state index contributed by atoms with van der Waals surface area (Å²) < 4.78 is 21.9. The normalized spacial score (nSPS) is 40.4. The Hall–Kier alpha value is -1.26. The number of nitrogens with two attached hydrogens (primary N) is 1. The maximum atomic E-state index is 12.4. The third-order valence-corrected chi connectivity index (χ3v) is 5.70. The molecule has 1 saturated carbocycles. The number of aliphatic hydroxyl groups excluding tert-OH is 1. The second-order valence-corrected chi connectivity index (χ2v) is 8.04. The summed E-state index contributed by atoms with van der Waals surface area (Å²) in [4.78, 5) is 24.7. The van der Waals surface area contributed by atoms with Crippen molar-refractivity contribution in [3.8, 4) is 0 Å². The first-order valence-electron chi connectivity index (χ1n) is 9.52. The van der Waals surface area contributed by atoms with Gasteiger partial charge in [-0.05, 0) is 52.0 Å². The number of methoxy groups -OCH3 is 1. The van der Waals surface area contributed by atoms with Crippen molar-refractivity contribution in [1.29, 1.82) is 0 Å². The summed E-state index contributed by atoms with van der Waals surface area (Å²) in [6.45, 7) is 3.96. The van der Waals surface area contributed by atoms with Gasteiger partial charge >= 0.3 is 11.8 Å². The van der Waals surface area contributed by atoms with Crippen LogP contribution in [0.5, 0.6) is 0 Å². The van der Waals surface area contributed by atoms with Crippen molar-refractivity contribution in [3.63, 3.8) is 0 Å². The van der Waals surface area contributed by atoms with Gasteiger partial charge in [-0.2, -0.15) is 0 Å². The van der Waals surface area contributed by atoms with Crippen LogP contribution >= 0.6 is 0 Å². The first-order valence-corrected chi connectivity index (χ1v) is 9.52. The number of hydrogen-bond acceptors (Lipinski definition) is 8. The van der Waals surface area contributed by atoms with Crippen molar-refractivity contribution in [3.05, 3.63) is 0 Å². The van der Waals surface area contributed by atoms with Crippen LogP contribution < -0.4 is 11.1 Å². The van der Waals surface area contributed by atoms with Gasteiger partial charge in [-0.1, -0.05) is 0 Å². The van der Waals surface area contributed by atoms with Gasteiger partial charge in [0.15, 0.2) is 11.9 Å². The lowest BCUT2D eigenvalue weighted by molar-refractivity contribution is -0.263. The average molecular weight is 386 g/mol. The van der Waals surface area contributed by atoms with Gasteiger partial charge in [0.1, 0.15) is 12.2 Å². The van der Waals surface area contributed by atoms with E-state index in [-0.39, 0.29) is 18.4 Å². The standard InChI is InChI=1S/C18H30N2O7/c1-17(2)26-14-13(21)12(25-18(14,27-17)16(23)24-3)9-20-15(22)11-6-4-10(8-19)5-7-11/h10-14,21H,4-9,19H2,1-3H3,(H,20,22)/t10?,11?,12?,13?,14-,18+/m0/s1. The van der Waals surface area contributed by atoms with E-state index in [1.54, 1.807) is 13.8 Å². The lowest BCUT2D eigenvalue weighted by atomic mass is 9.81. The van der Waals surface area contributed by atoms with Gasteiger partial charge in [-0.25, -0.2) is 4.79 Å². The molecule has 9 heteroatoms. The summed E-state index contributed by atoms with van der Waals surface area (Å²) in [5.41, 5.74) is 5.69. The monoisotopic (exact) mass is 386 g/mol. The van der Waals surface area contributed by atoms with Crippen molar-refractivity contribution in [2.24, 2.45) is 17.6 Å². The summed E-state index contributed by atoms with van der Waals surface area (Å²) in [6.07, 6.45) is 0.493. The van der Waals surface area contributed by atoms with Gasteiger partial charge in [0.25, 0.3) is 0 Å². The topological polar surface area (TPSA) is 129 Å². The molecule has 0 bridgehead atoms. The number of carbonyl (C=O) groups excluding carboxylic acids is 2. The maximum Gasteiger partial charge on any atom is 0.369 e. The maximum absolute atomic E-state index is 12.4. The lowest BCUT2D eigenvalue weighted by Gasteiger charge is -2.28. The van der Waals surface area contributed by atoms with E-state index in [1.807, 2.05) is 0 Å². The lowest BCUT2D eigenvalue weighted by Crippen LogP contribution is -2.48. The van der Waals surface area contributed by atoms with Crippen LogP contribution in [0.4, 0.5) is 0 Å². The van der Waals surface area contributed by atoms with E-state index in [2.05, 4.69) is 5.32 Å². The van der Waals surface area contributed by atoms with E-state index in [4.69, 9.17) is 24.7 Å². The zero-order valence-corrected chi connectivity index (χ0v) is 16.1. The van der Waals surface area contributed by atoms with E-state index in [1.165, 1.54) is 7.11 Å². The van der Waals surface area contributed by atoms with E-state index >= 15 is 0 Å². The van der Waals surface area contributed by atoms with Crippen LogP contribution in [0.1, 0.15) is 39.5 Å². The predicted molar refractivity (Wildman–Crippen MR) is 93.2 cm³/mol. The smallest absolute Gasteiger partial charge is 0.369 e. The Kier molecular flexibility index (Phi) is 5.79. The zero-order chi connectivity index (χ0) is 19.8. The molecule has 2 saturated heterocycles. The van der Waals surface area contributed by atoms with Crippen molar-refractivity contribution < 1.29 is 33.6 Å². The van der Waals surface area contributed by atoms with Gasteiger partial charge in [0.05, 0.1) is 7.11 Å². The number of ether oxygens (including phenoxy) is 4. The number of fused-ring (bicyclic) bond motifs is 1. The van der Waals surface area contributed by atoms with Crippen LogP contribution in [-0.4, -0.2) is 67.1 Å². The van der Waals surface area contributed by atoms with Crippen LogP contribution in [0, 0.1) is 11.8 Å². The van der Waals surface area contributed by atoms with E-state index in [0.29, 0.717) is 12.5 Å².